The van der Waals surface area contributed by atoms with E-state index in [1.54, 1.807) is 6.07 Å². The predicted octanol–water partition coefficient (Wildman–Crippen LogP) is 5.20. The summed E-state index contributed by atoms with van der Waals surface area (Å²) in [5.41, 5.74) is 1.33. The molecule has 0 saturated carbocycles. The molecule has 0 amide bonds. The van der Waals surface area contributed by atoms with Crippen LogP contribution in [-0.4, -0.2) is 0 Å². The number of rotatable bonds is 7. The number of furan rings is 1. The van der Waals surface area contributed by atoms with Crippen molar-refractivity contribution in [1.82, 2.24) is 5.32 Å². The van der Waals surface area contributed by atoms with E-state index in [4.69, 9.17) is 16.0 Å². The maximum absolute atomic E-state index is 5.82. The van der Waals surface area contributed by atoms with Gasteiger partial charge >= 0.3 is 0 Å². The zero-order chi connectivity index (χ0) is 14.4. The summed E-state index contributed by atoms with van der Waals surface area (Å²) in [6.07, 6.45) is 2.31. The van der Waals surface area contributed by atoms with Crippen molar-refractivity contribution in [3.8, 4) is 0 Å². The van der Waals surface area contributed by atoms with Gasteiger partial charge in [0.15, 0.2) is 5.22 Å². The van der Waals surface area contributed by atoms with Crippen molar-refractivity contribution in [3.05, 3.63) is 59.0 Å². The molecule has 0 bridgehead atoms. The highest BCUT2D eigenvalue weighted by Gasteiger charge is 2.20. The molecule has 0 spiro atoms. The summed E-state index contributed by atoms with van der Waals surface area (Å²) in [6.45, 7) is 5.19. The van der Waals surface area contributed by atoms with Gasteiger partial charge in [0.2, 0.25) is 0 Å². The summed E-state index contributed by atoms with van der Waals surface area (Å²) in [4.78, 5) is 0. The van der Waals surface area contributed by atoms with Crippen LogP contribution in [0, 0.1) is 5.92 Å². The van der Waals surface area contributed by atoms with E-state index in [9.17, 15) is 0 Å². The Labute approximate surface area is 126 Å². The molecule has 108 valence electrons. The summed E-state index contributed by atoms with van der Waals surface area (Å²) in [7, 11) is 0. The molecular formula is C17H22ClNO. The van der Waals surface area contributed by atoms with Gasteiger partial charge in [-0.25, -0.2) is 0 Å². The van der Waals surface area contributed by atoms with Crippen LogP contribution in [0.2, 0.25) is 5.22 Å². The van der Waals surface area contributed by atoms with Crippen molar-refractivity contribution in [2.24, 2.45) is 5.92 Å². The first-order valence-electron chi connectivity index (χ1n) is 7.27. The number of halogens is 1. The van der Waals surface area contributed by atoms with E-state index in [0.717, 1.165) is 18.6 Å². The molecule has 1 aromatic carbocycles. The minimum Gasteiger partial charge on any atom is -0.448 e. The van der Waals surface area contributed by atoms with Gasteiger partial charge in [0.1, 0.15) is 5.76 Å². The lowest BCUT2D eigenvalue weighted by molar-refractivity contribution is 0.327. The SMILES string of the molecule is CCC(CC)C(NCc1ccc(Cl)o1)c1ccccc1. The average Bonchev–Trinajstić information content (AvgIpc) is 2.90. The van der Waals surface area contributed by atoms with Gasteiger partial charge in [-0.15, -0.1) is 0 Å². The molecule has 0 aliphatic carbocycles. The Morgan fingerprint density at radius 3 is 2.30 bits per heavy atom. The molecule has 1 unspecified atom stereocenters. The molecule has 1 N–H and O–H groups in total. The van der Waals surface area contributed by atoms with Crippen molar-refractivity contribution in [3.63, 3.8) is 0 Å². The molecule has 0 fully saturated rings. The van der Waals surface area contributed by atoms with Gasteiger partial charge in [-0.2, -0.15) is 0 Å². The lowest BCUT2D eigenvalue weighted by Gasteiger charge is -2.26. The Balaban J connectivity index is 2.10. The highest BCUT2D eigenvalue weighted by molar-refractivity contribution is 6.28. The second-order valence-corrected chi connectivity index (χ2v) is 5.42. The third-order valence-corrected chi connectivity index (χ3v) is 4.01. The van der Waals surface area contributed by atoms with Gasteiger partial charge in [0, 0.05) is 6.04 Å². The molecule has 2 nitrogen and oxygen atoms in total. The second-order valence-electron chi connectivity index (χ2n) is 5.05. The highest BCUT2D eigenvalue weighted by Crippen LogP contribution is 2.28. The number of benzene rings is 1. The largest absolute Gasteiger partial charge is 0.448 e. The van der Waals surface area contributed by atoms with E-state index in [1.165, 1.54) is 5.56 Å². The lowest BCUT2D eigenvalue weighted by Crippen LogP contribution is -2.27. The quantitative estimate of drug-likeness (QED) is 0.758. The van der Waals surface area contributed by atoms with Gasteiger partial charge in [-0.3, -0.25) is 0 Å². The van der Waals surface area contributed by atoms with Crippen LogP contribution in [0.3, 0.4) is 0 Å². The first-order valence-corrected chi connectivity index (χ1v) is 7.65. The first kappa shape index (κ1) is 15.1. The molecule has 1 atom stereocenters. The summed E-state index contributed by atoms with van der Waals surface area (Å²) < 4.78 is 5.42. The zero-order valence-electron chi connectivity index (χ0n) is 12.1. The standard InChI is InChI=1S/C17H22ClNO/c1-3-13(4-2)17(14-8-6-5-7-9-14)19-12-15-10-11-16(18)20-15/h5-11,13,17,19H,3-4,12H2,1-2H3. The van der Waals surface area contributed by atoms with E-state index in [0.29, 0.717) is 23.7 Å². The van der Waals surface area contributed by atoms with Crippen molar-refractivity contribution in [1.29, 1.82) is 0 Å². The Bertz CT molecular complexity index is 505. The van der Waals surface area contributed by atoms with Crippen molar-refractivity contribution < 1.29 is 4.42 Å². The molecule has 2 rings (SSSR count). The molecule has 3 heteroatoms. The van der Waals surface area contributed by atoms with Crippen molar-refractivity contribution in [2.75, 3.05) is 0 Å². The normalized spacial score (nSPS) is 12.8. The second kappa shape index (κ2) is 7.51. The maximum atomic E-state index is 5.82. The monoisotopic (exact) mass is 291 g/mol. The van der Waals surface area contributed by atoms with E-state index in [1.807, 2.05) is 6.07 Å². The van der Waals surface area contributed by atoms with Crippen LogP contribution in [-0.2, 0) is 6.54 Å². The maximum Gasteiger partial charge on any atom is 0.193 e. The fourth-order valence-corrected chi connectivity index (χ4v) is 2.80. The van der Waals surface area contributed by atoms with E-state index in [2.05, 4.69) is 49.5 Å². The molecule has 20 heavy (non-hydrogen) atoms. The molecule has 1 heterocycles. The lowest BCUT2D eigenvalue weighted by atomic mass is 9.89. The minimum atomic E-state index is 0.343. The van der Waals surface area contributed by atoms with Gasteiger partial charge in [-0.05, 0) is 35.2 Å². The zero-order valence-corrected chi connectivity index (χ0v) is 12.9. The Morgan fingerprint density at radius 1 is 1.05 bits per heavy atom. The third-order valence-electron chi connectivity index (χ3n) is 3.80. The van der Waals surface area contributed by atoms with Crippen LogP contribution in [0.5, 0.6) is 0 Å². The van der Waals surface area contributed by atoms with Crippen LogP contribution in [0.25, 0.3) is 0 Å². The third kappa shape index (κ3) is 3.87. The van der Waals surface area contributed by atoms with Crippen molar-refractivity contribution >= 4 is 11.6 Å². The van der Waals surface area contributed by atoms with Crippen LogP contribution < -0.4 is 5.32 Å². The number of hydrogen-bond donors (Lipinski definition) is 1. The molecule has 1 aromatic heterocycles. The summed E-state index contributed by atoms with van der Waals surface area (Å²) in [5, 5.41) is 4.06. The van der Waals surface area contributed by atoms with Gasteiger partial charge in [-0.1, -0.05) is 57.0 Å². The summed E-state index contributed by atoms with van der Waals surface area (Å²) >= 11 is 5.82. The smallest absolute Gasteiger partial charge is 0.193 e. The predicted molar refractivity (Wildman–Crippen MR) is 83.8 cm³/mol. The topological polar surface area (TPSA) is 25.2 Å². The van der Waals surface area contributed by atoms with E-state index in [-0.39, 0.29) is 0 Å². The average molecular weight is 292 g/mol. The van der Waals surface area contributed by atoms with Gasteiger partial charge < -0.3 is 9.73 Å². The van der Waals surface area contributed by atoms with Gasteiger partial charge in [0.25, 0.3) is 0 Å². The Morgan fingerprint density at radius 2 is 1.75 bits per heavy atom. The van der Waals surface area contributed by atoms with Crippen LogP contribution in [0.1, 0.15) is 44.1 Å². The molecule has 0 saturated heterocycles. The molecule has 0 radical (unpaired) electrons. The van der Waals surface area contributed by atoms with Crippen LogP contribution >= 0.6 is 11.6 Å². The van der Waals surface area contributed by atoms with E-state index >= 15 is 0 Å². The molecular weight excluding hydrogens is 270 g/mol. The van der Waals surface area contributed by atoms with E-state index < -0.39 is 0 Å². The van der Waals surface area contributed by atoms with Crippen molar-refractivity contribution in [2.45, 2.75) is 39.3 Å². The Kier molecular flexibility index (Phi) is 5.69. The molecule has 0 aliphatic heterocycles. The minimum absolute atomic E-state index is 0.343. The highest BCUT2D eigenvalue weighted by atomic mass is 35.5. The van der Waals surface area contributed by atoms with Crippen LogP contribution in [0.15, 0.2) is 46.9 Å². The Hall–Kier alpha value is -1.25. The van der Waals surface area contributed by atoms with Crippen LogP contribution in [0.4, 0.5) is 0 Å². The fraction of sp³-hybridized carbons (Fsp3) is 0.412. The summed E-state index contributed by atoms with van der Waals surface area (Å²) in [5.74, 6) is 1.49. The summed E-state index contributed by atoms with van der Waals surface area (Å²) in [6, 6.07) is 14.7. The molecule has 0 aliphatic rings. The molecule has 2 aromatic rings. The fourth-order valence-electron chi connectivity index (χ4n) is 2.63. The number of hydrogen-bond acceptors (Lipinski definition) is 2. The number of nitrogens with one attached hydrogen (secondary N) is 1. The van der Waals surface area contributed by atoms with Gasteiger partial charge in [0.05, 0.1) is 6.54 Å². The first-order chi connectivity index (χ1) is 9.74.